The molecule has 4 aromatic rings. The van der Waals surface area contributed by atoms with Crippen LogP contribution < -0.4 is 10.2 Å². The van der Waals surface area contributed by atoms with Crippen molar-refractivity contribution in [3.8, 4) is 5.75 Å². The number of anilines is 3. The van der Waals surface area contributed by atoms with E-state index in [1.54, 1.807) is 24.5 Å². The Morgan fingerprint density at radius 1 is 1.24 bits per heavy atom. The fourth-order valence-corrected chi connectivity index (χ4v) is 3.68. The molecule has 1 aliphatic heterocycles. The molecule has 0 atom stereocenters. The second-order valence-corrected chi connectivity index (χ2v) is 9.20. The number of carbonyl (C=O) groups excluding carboxylic acids is 1. The highest BCUT2D eigenvalue weighted by molar-refractivity contribution is 5.93. The number of phenolic OH excluding ortho intramolecular Hbond substituents is 1. The molecule has 0 unspecified atom stereocenters. The van der Waals surface area contributed by atoms with Crippen molar-refractivity contribution in [1.82, 2.24) is 24.7 Å². The van der Waals surface area contributed by atoms with E-state index in [0.717, 1.165) is 0 Å². The standard InChI is InChI=1S/C23H25N7O4/c1-23(2,3)30-12-14(8-25-30)26-20-19(21(32)33-4)27-17(9-24-20)13-10-29(11-13)22-28-16-6-5-15(31)7-18(16)34-22/h5-9,12-13,31H,10-11H2,1-4H3,(H,24,26). The molecule has 1 saturated heterocycles. The summed E-state index contributed by atoms with van der Waals surface area (Å²) in [5.41, 5.74) is 2.51. The van der Waals surface area contributed by atoms with Crippen molar-refractivity contribution < 1.29 is 19.1 Å². The van der Waals surface area contributed by atoms with Gasteiger partial charge in [0.15, 0.2) is 17.1 Å². The molecule has 5 rings (SSSR count). The van der Waals surface area contributed by atoms with Gasteiger partial charge in [0, 0.05) is 31.3 Å². The highest BCUT2D eigenvalue weighted by Gasteiger charge is 2.34. The van der Waals surface area contributed by atoms with Crippen LogP contribution in [0.3, 0.4) is 0 Å². The van der Waals surface area contributed by atoms with Crippen LogP contribution in [-0.2, 0) is 10.3 Å². The maximum Gasteiger partial charge on any atom is 0.360 e. The van der Waals surface area contributed by atoms with Gasteiger partial charge in [-0.2, -0.15) is 10.1 Å². The third kappa shape index (κ3) is 4.00. The first kappa shape index (κ1) is 21.7. The first-order valence-corrected chi connectivity index (χ1v) is 10.8. The Labute approximate surface area is 195 Å². The molecule has 176 valence electrons. The summed E-state index contributed by atoms with van der Waals surface area (Å²) in [4.78, 5) is 27.9. The number of ether oxygens (including phenoxy) is 1. The summed E-state index contributed by atoms with van der Waals surface area (Å²) in [6.45, 7) is 7.36. The number of nitrogens with one attached hydrogen (secondary N) is 1. The van der Waals surface area contributed by atoms with Crippen LogP contribution in [0.1, 0.15) is 42.9 Å². The molecule has 3 aromatic heterocycles. The molecule has 1 aromatic carbocycles. The first-order valence-electron chi connectivity index (χ1n) is 10.8. The minimum Gasteiger partial charge on any atom is -0.508 e. The van der Waals surface area contributed by atoms with Crippen LogP contribution in [0.4, 0.5) is 17.5 Å². The summed E-state index contributed by atoms with van der Waals surface area (Å²) in [6, 6.07) is 5.29. The van der Waals surface area contributed by atoms with Crippen LogP contribution in [-0.4, -0.2) is 56.0 Å². The minimum atomic E-state index is -0.574. The lowest BCUT2D eigenvalue weighted by molar-refractivity contribution is 0.0594. The fraction of sp³-hybridized carbons (Fsp3) is 0.348. The number of aromatic hydroxyl groups is 1. The molecule has 0 bridgehead atoms. The van der Waals surface area contributed by atoms with Gasteiger partial charge >= 0.3 is 5.97 Å². The average molecular weight is 463 g/mol. The predicted molar refractivity (Wildman–Crippen MR) is 125 cm³/mol. The molecule has 0 spiro atoms. The van der Waals surface area contributed by atoms with Gasteiger partial charge in [0.2, 0.25) is 0 Å². The molecule has 0 radical (unpaired) electrons. The van der Waals surface area contributed by atoms with Crippen LogP contribution in [0.15, 0.2) is 41.2 Å². The van der Waals surface area contributed by atoms with Gasteiger partial charge in [-0.1, -0.05) is 0 Å². The number of methoxy groups -OCH3 is 1. The molecule has 0 aliphatic carbocycles. The Bertz CT molecular complexity index is 1370. The van der Waals surface area contributed by atoms with Crippen LogP contribution in [0.2, 0.25) is 0 Å². The Morgan fingerprint density at radius 3 is 2.74 bits per heavy atom. The quantitative estimate of drug-likeness (QED) is 0.424. The predicted octanol–water partition coefficient (Wildman–Crippen LogP) is 3.41. The Morgan fingerprint density at radius 2 is 2.03 bits per heavy atom. The van der Waals surface area contributed by atoms with Crippen molar-refractivity contribution in [2.45, 2.75) is 32.2 Å². The van der Waals surface area contributed by atoms with Crippen LogP contribution in [0.25, 0.3) is 11.1 Å². The van der Waals surface area contributed by atoms with Crippen molar-refractivity contribution in [3.05, 3.63) is 48.2 Å². The molecule has 4 heterocycles. The Hall–Kier alpha value is -4.15. The number of hydrogen-bond donors (Lipinski definition) is 2. The number of esters is 1. The number of phenols is 1. The summed E-state index contributed by atoms with van der Waals surface area (Å²) in [5, 5.41) is 17.1. The second kappa shape index (κ2) is 8.01. The molecule has 1 fully saturated rings. The largest absolute Gasteiger partial charge is 0.508 e. The van der Waals surface area contributed by atoms with Gasteiger partial charge in [-0.15, -0.1) is 0 Å². The lowest BCUT2D eigenvalue weighted by atomic mass is 9.97. The number of aromatic nitrogens is 5. The van der Waals surface area contributed by atoms with E-state index in [2.05, 4.69) is 25.4 Å². The summed E-state index contributed by atoms with van der Waals surface area (Å²) in [7, 11) is 1.31. The highest BCUT2D eigenvalue weighted by atomic mass is 16.5. The summed E-state index contributed by atoms with van der Waals surface area (Å²) >= 11 is 0. The van der Waals surface area contributed by atoms with Gasteiger partial charge < -0.3 is 24.5 Å². The van der Waals surface area contributed by atoms with E-state index in [1.165, 1.54) is 13.2 Å². The number of hydrogen-bond acceptors (Lipinski definition) is 10. The lowest BCUT2D eigenvalue weighted by Crippen LogP contribution is -2.45. The van der Waals surface area contributed by atoms with Gasteiger partial charge in [0.05, 0.1) is 36.4 Å². The van der Waals surface area contributed by atoms with Gasteiger partial charge in [0.25, 0.3) is 6.01 Å². The van der Waals surface area contributed by atoms with Crippen molar-refractivity contribution in [2.24, 2.45) is 0 Å². The zero-order chi connectivity index (χ0) is 24.0. The molecule has 11 nitrogen and oxygen atoms in total. The third-order valence-electron chi connectivity index (χ3n) is 5.63. The van der Waals surface area contributed by atoms with Gasteiger partial charge in [-0.3, -0.25) is 4.68 Å². The fourth-order valence-electron chi connectivity index (χ4n) is 3.68. The van der Waals surface area contributed by atoms with Gasteiger partial charge in [-0.25, -0.2) is 14.8 Å². The van der Waals surface area contributed by atoms with E-state index in [0.29, 0.717) is 47.4 Å². The molecule has 1 aliphatic rings. The van der Waals surface area contributed by atoms with Crippen molar-refractivity contribution in [3.63, 3.8) is 0 Å². The van der Waals surface area contributed by atoms with Gasteiger partial charge in [0.1, 0.15) is 11.3 Å². The minimum absolute atomic E-state index is 0.0528. The summed E-state index contributed by atoms with van der Waals surface area (Å²) in [6.07, 6.45) is 5.18. The number of benzene rings is 1. The average Bonchev–Trinajstić information content (AvgIpc) is 3.39. The zero-order valence-corrected chi connectivity index (χ0v) is 19.3. The second-order valence-electron chi connectivity index (χ2n) is 9.20. The molecular weight excluding hydrogens is 438 g/mol. The normalized spacial score (nSPS) is 14.3. The smallest absolute Gasteiger partial charge is 0.360 e. The molecule has 0 amide bonds. The van der Waals surface area contributed by atoms with Crippen LogP contribution >= 0.6 is 0 Å². The van der Waals surface area contributed by atoms with Crippen LogP contribution in [0, 0.1) is 0 Å². The van der Waals surface area contributed by atoms with E-state index < -0.39 is 5.97 Å². The maximum absolute atomic E-state index is 12.4. The van der Waals surface area contributed by atoms with E-state index in [1.807, 2.05) is 36.5 Å². The van der Waals surface area contributed by atoms with E-state index >= 15 is 0 Å². The summed E-state index contributed by atoms with van der Waals surface area (Å²) in [5.74, 6) is -0.0900. The van der Waals surface area contributed by atoms with E-state index in [-0.39, 0.29) is 22.9 Å². The SMILES string of the molecule is COC(=O)c1nc(C2CN(c3nc4ccc(O)cc4o3)C2)cnc1Nc1cnn(C(C)(C)C)c1. The number of carbonyl (C=O) groups is 1. The van der Waals surface area contributed by atoms with Crippen LogP contribution in [0.5, 0.6) is 5.75 Å². The van der Waals surface area contributed by atoms with Gasteiger partial charge in [-0.05, 0) is 32.9 Å². The number of rotatable bonds is 5. The molecule has 34 heavy (non-hydrogen) atoms. The highest BCUT2D eigenvalue weighted by Crippen LogP contribution is 2.33. The maximum atomic E-state index is 12.4. The Balaban J connectivity index is 1.34. The first-order chi connectivity index (χ1) is 16.2. The molecule has 11 heteroatoms. The van der Waals surface area contributed by atoms with Crippen molar-refractivity contribution in [2.75, 3.05) is 30.4 Å². The number of nitrogens with zero attached hydrogens (tertiary/aromatic N) is 6. The molecular formula is C23H25N7O4. The molecule has 2 N–H and O–H groups in total. The number of oxazole rings is 1. The topological polar surface area (TPSA) is 131 Å². The van der Waals surface area contributed by atoms with Crippen molar-refractivity contribution >= 4 is 34.6 Å². The zero-order valence-electron chi connectivity index (χ0n) is 19.3. The van der Waals surface area contributed by atoms with Crippen molar-refractivity contribution in [1.29, 1.82) is 0 Å². The monoisotopic (exact) mass is 463 g/mol. The number of fused-ring (bicyclic) bond motifs is 1. The molecule has 0 saturated carbocycles. The van der Waals surface area contributed by atoms with E-state index in [4.69, 9.17) is 9.15 Å². The van der Waals surface area contributed by atoms with E-state index in [9.17, 15) is 9.90 Å². The summed E-state index contributed by atoms with van der Waals surface area (Å²) < 4.78 is 12.5. The Kier molecular flexibility index (Phi) is 5.11. The third-order valence-corrected chi connectivity index (χ3v) is 5.63. The lowest BCUT2D eigenvalue weighted by Gasteiger charge is -2.37.